The van der Waals surface area contributed by atoms with Crippen molar-refractivity contribution in [1.29, 1.82) is 0 Å². The summed E-state index contributed by atoms with van der Waals surface area (Å²) in [6.45, 7) is 2.02. The molecule has 154 valence electrons. The number of carbonyl (C=O) groups is 1. The summed E-state index contributed by atoms with van der Waals surface area (Å²) in [6, 6.07) is 13.4. The molecule has 0 aliphatic rings. The second kappa shape index (κ2) is 8.38. The van der Waals surface area contributed by atoms with Gasteiger partial charge in [0, 0.05) is 23.8 Å². The Morgan fingerprint density at radius 1 is 1.23 bits per heavy atom. The molecule has 1 amide bonds. The van der Waals surface area contributed by atoms with E-state index in [2.05, 4.69) is 10.3 Å². The summed E-state index contributed by atoms with van der Waals surface area (Å²) in [5.41, 5.74) is 3.58. The van der Waals surface area contributed by atoms with Crippen LogP contribution >= 0.6 is 22.9 Å². The first-order valence-corrected chi connectivity index (χ1v) is 10.4. The number of benzene rings is 2. The van der Waals surface area contributed by atoms with Crippen LogP contribution in [0.15, 0.2) is 48.7 Å². The molecule has 4 rings (SSSR count). The second-order valence-electron chi connectivity index (χ2n) is 6.80. The SMILES string of the molecule is COc1cc(Cl)ccc1-c1nc(C)c(NC(=O)OCc2ccc3c(ccn3C)c2)s1. The fourth-order valence-corrected chi connectivity index (χ4v) is 4.31. The van der Waals surface area contributed by atoms with Gasteiger partial charge in [-0.1, -0.05) is 29.0 Å². The number of amides is 1. The van der Waals surface area contributed by atoms with Crippen LogP contribution in [0.1, 0.15) is 11.3 Å². The van der Waals surface area contributed by atoms with E-state index in [0.717, 1.165) is 27.0 Å². The number of hydrogen-bond donors (Lipinski definition) is 1. The number of methoxy groups -OCH3 is 1. The van der Waals surface area contributed by atoms with Crippen LogP contribution < -0.4 is 10.1 Å². The molecule has 4 aromatic rings. The molecule has 0 saturated carbocycles. The van der Waals surface area contributed by atoms with E-state index in [4.69, 9.17) is 21.1 Å². The minimum absolute atomic E-state index is 0.187. The Bertz CT molecular complexity index is 1230. The minimum Gasteiger partial charge on any atom is -0.496 e. The second-order valence-corrected chi connectivity index (χ2v) is 8.23. The molecule has 0 aliphatic heterocycles. The lowest BCUT2D eigenvalue weighted by Gasteiger charge is -2.07. The molecule has 0 radical (unpaired) electrons. The lowest BCUT2D eigenvalue weighted by Crippen LogP contribution is -2.13. The largest absolute Gasteiger partial charge is 0.496 e. The number of hydrogen-bond acceptors (Lipinski definition) is 5. The summed E-state index contributed by atoms with van der Waals surface area (Å²) in [6.07, 6.45) is 1.48. The third-order valence-corrected chi connectivity index (χ3v) is 6.07. The quantitative estimate of drug-likeness (QED) is 0.411. The van der Waals surface area contributed by atoms with Crippen molar-refractivity contribution in [3.05, 3.63) is 64.9 Å². The number of aryl methyl sites for hydroxylation is 2. The van der Waals surface area contributed by atoms with Crippen LogP contribution in [0.5, 0.6) is 5.75 Å². The van der Waals surface area contributed by atoms with Gasteiger partial charge in [-0.25, -0.2) is 9.78 Å². The molecular weight excluding hydrogens is 422 g/mol. The zero-order valence-electron chi connectivity index (χ0n) is 16.7. The molecule has 0 spiro atoms. The Morgan fingerprint density at radius 2 is 2.07 bits per heavy atom. The first kappa shape index (κ1) is 20.3. The molecule has 0 aliphatic carbocycles. The highest BCUT2D eigenvalue weighted by Crippen LogP contribution is 2.38. The third kappa shape index (κ3) is 4.13. The van der Waals surface area contributed by atoms with Crippen molar-refractivity contribution in [3.63, 3.8) is 0 Å². The first-order chi connectivity index (χ1) is 14.4. The fourth-order valence-electron chi connectivity index (χ4n) is 3.17. The van der Waals surface area contributed by atoms with Gasteiger partial charge in [0.05, 0.1) is 18.4 Å². The average Bonchev–Trinajstić information content (AvgIpc) is 3.28. The normalized spacial score (nSPS) is 10.9. The molecule has 8 heteroatoms. The molecule has 0 atom stereocenters. The van der Waals surface area contributed by atoms with Crippen LogP contribution in [0, 0.1) is 6.92 Å². The Balaban J connectivity index is 1.44. The zero-order chi connectivity index (χ0) is 21.3. The number of halogens is 1. The van der Waals surface area contributed by atoms with Gasteiger partial charge in [0.15, 0.2) is 0 Å². The number of rotatable bonds is 5. The van der Waals surface area contributed by atoms with E-state index >= 15 is 0 Å². The van der Waals surface area contributed by atoms with Gasteiger partial charge in [0.1, 0.15) is 22.4 Å². The lowest BCUT2D eigenvalue weighted by molar-refractivity contribution is 0.155. The van der Waals surface area contributed by atoms with Crippen LogP contribution in [-0.2, 0) is 18.4 Å². The van der Waals surface area contributed by atoms with E-state index in [9.17, 15) is 4.79 Å². The van der Waals surface area contributed by atoms with Gasteiger partial charge in [-0.15, -0.1) is 0 Å². The molecule has 2 aromatic heterocycles. The highest BCUT2D eigenvalue weighted by molar-refractivity contribution is 7.19. The molecule has 2 heterocycles. The number of ether oxygens (including phenoxy) is 2. The zero-order valence-corrected chi connectivity index (χ0v) is 18.3. The van der Waals surface area contributed by atoms with Crippen LogP contribution in [-0.4, -0.2) is 22.8 Å². The lowest BCUT2D eigenvalue weighted by atomic mass is 10.2. The van der Waals surface area contributed by atoms with Crippen LogP contribution in [0.4, 0.5) is 9.80 Å². The Morgan fingerprint density at radius 3 is 2.87 bits per heavy atom. The molecule has 2 aromatic carbocycles. The maximum Gasteiger partial charge on any atom is 0.412 e. The van der Waals surface area contributed by atoms with Crippen molar-refractivity contribution in [3.8, 4) is 16.3 Å². The van der Waals surface area contributed by atoms with Gasteiger partial charge in [0.2, 0.25) is 0 Å². The van der Waals surface area contributed by atoms with Crippen molar-refractivity contribution >= 4 is 44.9 Å². The van der Waals surface area contributed by atoms with E-state index in [1.54, 1.807) is 19.2 Å². The monoisotopic (exact) mass is 441 g/mol. The molecule has 0 saturated heterocycles. The molecule has 0 fully saturated rings. The highest BCUT2D eigenvalue weighted by Gasteiger charge is 2.16. The molecule has 6 nitrogen and oxygen atoms in total. The van der Waals surface area contributed by atoms with Gasteiger partial charge >= 0.3 is 6.09 Å². The van der Waals surface area contributed by atoms with Crippen molar-refractivity contribution in [2.24, 2.45) is 7.05 Å². The summed E-state index contributed by atoms with van der Waals surface area (Å²) < 4.78 is 12.8. The van der Waals surface area contributed by atoms with E-state index in [1.807, 2.05) is 55.1 Å². The average molecular weight is 442 g/mol. The summed E-state index contributed by atoms with van der Waals surface area (Å²) >= 11 is 7.39. The Kier molecular flexibility index (Phi) is 5.65. The highest BCUT2D eigenvalue weighted by atomic mass is 35.5. The van der Waals surface area contributed by atoms with Gasteiger partial charge in [0.25, 0.3) is 0 Å². The van der Waals surface area contributed by atoms with Crippen molar-refractivity contribution in [2.75, 3.05) is 12.4 Å². The topological polar surface area (TPSA) is 65.4 Å². The Hall–Kier alpha value is -3.03. The summed E-state index contributed by atoms with van der Waals surface area (Å²) in [5, 5.41) is 5.84. The van der Waals surface area contributed by atoms with Gasteiger partial charge in [-0.05, 0) is 54.3 Å². The molecule has 0 bridgehead atoms. The summed E-state index contributed by atoms with van der Waals surface area (Å²) in [4.78, 5) is 16.9. The molecular formula is C22H20ClN3O3S. The maximum atomic E-state index is 12.3. The predicted octanol–water partition coefficient (Wildman–Crippen LogP) is 6.02. The van der Waals surface area contributed by atoms with Crippen molar-refractivity contribution < 1.29 is 14.3 Å². The molecule has 30 heavy (non-hydrogen) atoms. The van der Waals surface area contributed by atoms with E-state index in [0.29, 0.717) is 21.5 Å². The number of aromatic nitrogens is 2. The van der Waals surface area contributed by atoms with Crippen LogP contribution in [0.25, 0.3) is 21.5 Å². The van der Waals surface area contributed by atoms with Crippen LogP contribution in [0.2, 0.25) is 5.02 Å². The van der Waals surface area contributed by atoms with E-state index in [-0.39, 0.29) is 6.61 Å². The molecule has 0 unspecified atom stereocenters. The fraction of sp³-hybridized carbons (Fsp3) is 0.182. The van der Waals surface area contributed by atoms with E-state index < -0.39 is 6.09 Å². The number of nitrogens with one attached hydrogen (secondary N) is 1. The minimum atomic E-state index is -0.524. The smallest absolute Gasteiger partial charge is 0.412 e. The number of fused-ring (bicyclic) bond motifs is 1. The van der Waals surface area contributed by atoms with Crippen molar-refractivity contribution in [2.45, 2.75) is 13.5 Å². The molecule has 1 N–H and O–H groups in total. The van der Waals surface area contributed by atoms with Gasteiger partial charge in [-0.2, -0.15) is 0 Å². The Labute approximate surface area is 183 Å². The van der Waals surface area contributed by atoms with Gasteiger partial charge < -0.3 is 14.0 Å². The first-order valence-electron chi connectivity index (χ1n) is 9.23. The van der Waals surface area contributed by atoms with E-state index in [1.165, 1.54) is 11.3 Å². The number of nitrogens with zero attached hydrogens (tertiary/aromatic N) is 2. The number of thiazole rings is 1. The number of anilines is 1. The summed E-state index contributed by atoms with van der Waals surface area (Å²) in [7, 11) is 3.58. The summed E-state index contributed by atoms with van der Waals surface area (Å²) in [5.74, 6) is 0.627. The van der Waals surface area contributed by atoms with Crippen molar-refractivity contribution in [1.82, 2.24) is 9.55 Å². The number of carbonyl (C=O) groups excluding carboxylic acids is 1. The maximum absolute atomic E-state index is 12.3. The van der Waals surface area contributed by atoms with Gasteiger partial charge in [-0.3, -0.25) is 5.32 Å². The standard InChI is InChI=1S/C22H20ClN3O3S/c1-13-20(30-21(24-13)17-6-5-16(23)11-19(17)28-3)25-22(27)29-12-14-4-7-18-15(10-14)8-9-26(18)2/h4-11H,12H2,1-3H3,(H,25,27). The third-order valence-electron chi connectivity index (χ3n) is 4.73. The van der Waals surface area contributed by atoms with Crippen LogP contribution in [0.3, 0.4) is 0 Å². The predicted molar refractivity (Wildman–Crippen MR) is 121 cm³/mol.